The number of hydrogen-bond acceptors (Lipinski definition) is 1. The van der Waals surface area contributed by atoms with Crippen molar-refractivity contribution in [2.45, 2.75) is 25.8 Å². The second kappa shape index (κ2) is 5.06. The summed E-state index contributed by atoms with van der Waals surface area (Å²) in [6.07, 6.45) is 1.47. The second-order valence-corrected chi connectivity index (χ2v) is 5.65. The highest BCUT2D eigenvalue weighted by Crippen LogP contribution is 2.29. The molecule has 1 atom stereocenters. The summed E-state index contributed by atoms with van der Waals surface area (Å²) < 4.78 is 27.7. The molecule has 1 unspecified atom stereocenters. The van der Waals surface area contributed by atoms with E-state index in [0.717, 1.165) is 18.4 Å². The largest absolute Gasteiger partial charge is 0.377 e. The number of benzene rings is 2. The Balaban J connectivity index is 1.83. The van der Waals surface area contributed by atoms with E-state index in [4.69, 9.17) is 11.6 Å². The molecule has 1 N–H and O–H groups in total. The Hall–Kier alpha value is -1.61. The van der Waals surface area contributed by atoms with E-state index in [9.17, 15) is 8.78 Å². The van der Waals surface area contributed by atoms with Crippen molar-refractivity contribution >= 4 is 17.3 Å². The van der Waals surface area contributed by atoms with Crippen LogP contribution in [0.5, 0.6) is 0 Å². The van der Waals surface area contributed by atoms with Crippen LogP contribution in [0.15, 0.2) is 30.3 Å². The van der Waals surface area contributed by atoms with Gasteiger partial charge in [0.1, 0.15) is 11.5 Å². The van der Waals surface area contributed by atoms with Crippen molar-refractivity contribution in [2.24, 2.45) is 0 Å². The lowest BCUT2D eigenvalue weighted by Gasteiger charge is -2.16. The molecule has 0 amide bonds. The minimum Gasteiger partial charge on any atom is -0.377 e. The van der Waals surface area contributed by atoms with E-state index >= 15 is 0 Å². The maximum absolute atomic E-state index is 14.0. The summed E-state index contributed by atoms with van der Waals surface area (Å²) in [6, 6.07) is 8.47. The first-order valence-corrected chi connectivity index (χ1v) is 6.91. The molecule has 104 valence electrons. The lowest BCUT2D eigenvalue weighted by molar-refractivity contribution is 0.576. The molecule has 0 aromatic heterocycles. The number of nitrogens with one attached hydrogen (secondary N) is 1. The van der Waals surface area contributed by atoms with Crippen molar-refractivity contribution in [3.8, 4) is 0 Å². The predicted molar refractivity (Wildman–Crippen MR) is 77.4 cm³/mol. The molecule has 0 aliphatic heterocycles. The Morgan fingerprint density at radius 3 is 2.65 bits per heavy atom. The van der Waals surface area contributed by atoms with Gasteiger partial charge in [-0.2, -0.15) is 0 Å². The Labute approximate surface area is 121 Å². The zero-order valence-electron chi connectivity index (χ0n) is 11.0. The van der Waals surface area contributed by atoms with Crippen molar-refractivity contribution in [1.29, 1.82) is 0 Å². The van der Waals surface area contributed by atoms with E-state index in [0.29, 0.717) is 10.6 Å². The Morgan fingerprint density at radius 2 is 1.85 bits per heavy atom. The molecule has 0 radical (unpaired) electrons. The highest BCUT2D eigenvalue weighted by Gasteiger charge is 2.23. The van der Waals surface area contributed by atoms with Gasteiger partial charge in [-0.15, -0.1) is 0 Å². The van der Waals surface area contributed by atoms with Crippen LogP contribution in [0.3, 0.4) is 0 Å². The van der Waals surface area contributed by atoms with Crippen LogP contribution >= 0.6 is 11.6 Å². The standard InChI is InChI=1S/C16H14ClF2N/c1-9-2-5-14(18)16(15(9)19)20-13-7-10-3-4-12(17)6-11(10)8-13/h2-6,13,20H,7-8H2,1H3. The van der Waals surface area contributed by atoms with Crippen molar-refractivity contribution in [3.63, 3.8) is 0 Å². The van der Waals surface area contributed by atoms with Crippen LogP contribution in [0.2, 0.25) is 5.02 Å². The zero-order chi connectivity index (χ0) is 14.3. The molecule has 0 spiro atoms. The molecule has 1 aliphatic carbocycles. The third kappa shape index (κ3) is 2.38. The van der Waals surface area contributed by atoms with Gasteiger partial charge in [-0.3, -0.25) is 0 Å². The van der Waals surface area contributed by atoms with Crippen LogP contribution in [-0.4, -0.2) is 6.04 Å². The molecule has 0 saturated carbocycles. The van der Waals surface area contributed by atoms with Gasteiger partial charge >= 0.3 is 0 Å². The molecule has 1 nitrogen and oxygen atoms in total. The topological polar surface area (TPSA) is 12.0 Å². The van der Waals surface area contributed by atoms with Gasteiger partial charge in [-0.1, -0.05) is 23.7 Å². The maximum Gasteiger partial charge on any atom is 0.152 e. The molecule has 0 bridgehead atoms. The molecule has 4 heteroatoms. The molecule has 0 heterocycles. The van der Waals surface area contributed by atoms with Crippen LogP contribution in [0.4, 0.5) is 14.5 Å². The van der Waals surface area contributed by atoms with E-state index < -0.39 is 11.6 Å². The maximum atomic E-state index is 14.0. The summed E-state index contributed by atoms with van der Waals surface area (Å²) in [7, 11) is 0. The van der Waals surface area contributed by atoms with Gasteiger partial charge in [0.15, 0.2) is 5.82 Å². The van der Waals surface area contributed by atoms with E-state index in [1.54, 1.807) is 6.92 Å². The Bertz CT molecular complexity index is 670. The average Bonchev–Trinajstić information content (AvgIpc) is 2.81. The quantitative estimate of drug-likeness (QED) is 0.859. The van der Waals surface area contributed by atoms with E-state index in [-0.39, 0.29) is 11.7 Å². The first kappa shape index (κ1) is 13.4. The minimum absolute atomic E-state index is 0.00531. The summed E-state index contributed by atoms with van der Waals surface area (Å²) >= 11 is 5.96. The summed E-state index contributed by atoms with van der Waals surface area (Å²) in [5, 5.41) is 3.68. The van der Waals surface area contributed by atoms with Gasteiger partial charge in [-0.25, -0.2) is 8.78 Å². The second-order valence-electron chi connectivity index (χ2n) is 5.22. The highest BCUT2D eigenvalue weighted by atomic mass is 35.5. The van der Waals surface area contributed by atoms with Crippen molar-refractivity contribution < 1.29 is 8.78 Å². The molecule has 1 aliphatic rings. The van der Waals surface area contributed by atoms with Crippen LogP contribution < -0.4 is 5.32 Å². The zero-order valence-corrected chi connectivity index (χ0v) is 11.8. The van der Waals surface area contributed by atoms with E-state index in [1.807, 2.05) is 18.2 Å². The number of rotatable bonds is 2. The highest BCUT2D eigenvalue weighted by molar-refractivity contribution is 6.30. The van der Waals surface area contributed by atoms with Crippen LogP contribution in [0.1, 0.15) is 16.7 Å². The monoisotopic (exact) mass is 293 g/mol. The molecule has 0 saturated heterocycles. The molecule has 0 fully saturated rings. The molecule has 20 heavy (non-hydrogen) atoms. The first-order chi connectivity index (χ1) is 9.54. The van der Waals surface area contributed by atoms with Gasteiger partial charge in [0.2, 0.25) is 0 Å². The number of halogens is 3. The number of aryl methyl sites for hydroxylation is 1. The predicted octanol–water partition coefficient (Wildman–Crippen LogP) is 4.51. The van der Waals surface area contributed by atoms with Gasteiger partial charge in [0.05, 0.1) is 0 Å². The van der Waals surface area contributed by atoms with Crippen molar-refractivity contribution in [1.82, 2.24) is 0 Å². The third-order valence-corrected chi connectivity index (χ3v) is 3.97. The van der Waals surface area contributed by atoms with Gasteiger partial charge < -0.3 is 5.32 Å². The third-order valence-electron chi connectivity index (χ3n) is 3.73. The molecular formula is C16H14ClF2N. The summed E-state index contributed by atoms with van der Waals surface area (Å²) in [5.41, 5.74) is 2.73. The smallest absolute Gasteiger partial charge is 0.152 e. The van der Waals surface area contributed by atoms with E-state index in [1.165, 1.54) is 17.7 Å². The average molecular weight is 294 g/mol. The summed E-state index contributed by atoms with van der Waals surface area (Å²) in [6.45, 7) is 1.63. The number of hydrogen-bond donors (Lipinski definition) is 1. The first-order valence-electron chi connectivity index (χ1n) is 6.53. The van der Waals surface area contributed by atoms with Gasteiger partial charge in [-0.05, 0) is 54.7 Å². The minimum atomic E-state index is -0.554. The summed E-state index contributed by atoms with van der Waals surface area (Å²) in [4.78, 5) is 0. The molecule has 2 aromatic carbocycles. The van der Waals surface area contributed by atoms with Gasteiger partial charge in [0, 0.05) is 11.1 Å². The van der Waals surface area contributed by atoms with E-state index in [2.05, 4.69) is 5.32 Å². The molecule has 3 rings (SSSR count). The number of anilines is 1. The van der Waals surface area contributed by atoms with Crippen molar-refractivity contribution in [2.75, 3.05) is 5.32 Å². The normalized spacial score (nSPS) is 17.1. The lowest BCUT2D eigenvalue weighted by Crippen LogP contribution is -2.21. The molecule has 2 aromatic rings. The van der Waals surface area contributed by atoms with Gasteiger partial charge in [0.25, 0.3) is 0 Å². The fourth-order valence-corrected chi connectivity index (χ4v) is 2.88. The Kier molecular flexibility index (Phi) is 3.38. The number of fused-ring (bicyclic) bond motifs is 1. The van der Waals surface area contributed by atoms with Crippen LogP contribution in [-0.2, 0) is 12.8 Å². The SMILES string of the molecule is Cc1ccc(F)c(NC2Cc3ccc(Cl)cc3C2)c1F. The Morgan fingerprint density at radius 1 is 1.10 bits per heavy atom. The fraction of sp³-hybridized carbons (Fsp3) is 0.250. The van der Waals surface area contributed by atoms with Crippen LogP contribution in [0, 0.1) is 18.6 Å². The fourth-order valence-electron chi connectivity index (χ4n) is 2.68. The lowest BCUT2D eigenvalue weighted by atomic mass is 10.1. The summed E-state index contributed by atoms with van der Waals surface area (Å²) in [5.74, 6) is -1.07. The van der Waals surface area contributed by atoms with Crippen molar-refractivity contribution in [3.05, 3.63) is 63.7 Å². The molecular weight excluding hydrogens is 280 g/mol. The van der Waals surface area contributed by atoms with Crippen LogP contribution in [0.25, 0.3) is 0 Å².